The predicted octanol–water partition coefficient (Wildman–Crippen LogP) is 0.164. The van der Waals surface area contributed by atoms with E-state index in [1.807, 2.05) is 18.2 Å². The summed E-state index contributed by atoms with van der Waals surface area (Å²) in [7, 11) is 1.65. The third-order valence-corrected chi connectivity index (χ3v) is 2.95. The summed E-state index contributed by atoms with van der Waals surface area (Å²) in [6.45, 7) is -0.132. The Morgan fingerprint density at radius 3 is 2.81 bits per heavy atom. The number of nitrogens with one attached hydrogen (secondary N) is 1. The van der Waals surface area contributed by atoms with Crippen molar-refractivity contribution >= 4 is 22.8 Å². The number of rotatable bonds is 3. The number of nitrogens with zero attached hydrogens (tertiary/aromatic N) is 5. The number of benzene rings is 1. The van der Waals surface area contributed by atoms with E-state index in [-0.39, 0.29) is 18.0 Å². The number of carbonyl (C=O) groups is 1. The minimum absolute atomic E-state index is 0.132. The molecule has 3 aromatic rings. The smallest absolute Gasteiger partial charge is 0.283 e. The molecular weight excluding hydrogens is 272 g/mol. The van der Waals surface area contributed by atoms with E-state index in [0.29, 0.717) is 11.3 Å². The van der Waals surface area contributed by atoms with Gasteiger partial charge in [0.15, 0.2) is 11.2 Å². The van der Waals surface area contributed by atoms with Gasteiger partial charge in [-0.15, -0.1) is 5.10 Å². The van der Waals surface area contributed by atoms with Crippen molar-refractivity contribution in [2.75, 3.05) is 5.32 Å². The molecule has 8 heteroatoms. The second kappa shape index (κ2) is 5.16. The Hall–Kier alpha value is -3.03. The van der Waals surface area contributed by atoms with Gasteiger partial charge in [-0.1, -0.05) is 23.4 Å². The highest BCUT2D eigenvalue weighted by Crippen LogP contribution is 2.05. The van der Waals surface area contributed by atoms with Crippen LogP contribution in [0.4, 0.5) is 5.69 Å². The van der Waals surface area contributed by atoms with Gasteiger partial charge in [0, 0.05) is 12.7 Å². The van der Waals surface area contributed by atoms with Crippen LogP contribution in [0.5, 0.6) is 0 Å². The lowest BCUT2D eigenvalue weighted by Crippen LogP contribution is -2.28. The summed E-state index contributed by atoms with van der Waals surface area (Å²) >= 11 is 0. The molecule has 3 rings (SSSR count). The minimum atomic E-state index is -0.392. The summed E-state index contributed by atoms with van der Waals surface area (Å²) in [5, 5.41) is 10.2. The molecule has 21 heavy (non-hydrogen) atoms. The van der Waals surface area contributed by atoms with Gasteiger partial charge in [0.1, 0.15) is 12.9 Å². The van der Waals surface area contributed by atoms with Crippen molar-refractivity contribution in [3.05, 3.63) is 47.0 Å². The fraction of sp³-hybridized carbons (Fsp3) is 0.154. The third-order valence-electron chi connectivity index (χ3n) is 2.95. The highest BCUT2D eigenvalue weighted by Gasteiger charge is 2.12. The maximum Gasteiger partial charge on any atom is 0.283 e. The molecule has 0 aliphatic heterocycles. The van der Waals surface area contributed by atoms with Gasteiger partial charge in [0.25, 0.3) is 5.56 Å². The van der Waals surface area contributed by atoms with Crippen molar-refractivity contribution in [1.29, 1.82) is 0 Å². The van der Waals surface area contributed by atoms with Crippen molar-refractivity contribution in [2.24, 2.45) is 7.05 Å². The lowest BCUT2D eigenvalue weighted by Gasteiger charge is -2.06. The van der Waals surface area contributed by atoms with Gasteiger partial charge >= 0.3 is 0 Å². The first-order valence-corrected chi connectivity index (χ1v) is 6.25. The van der Waals surface area contributed by atoms with Gasteiger partial charge in [-0.2, -0.15) is 0 Å². The summed E-state index contributed by atoms with van der Waals surface area (Å²) in [4.78, 5) is 28.2. The summed E-state index contributed by atoms with van der Waals surface area (Å²) in [5.74, 6) is -0.312. The molecule has 0 unspecified atom stereocenters. The molecule has 2 aromatic heterocycles. The normalized spacial score (nSPS) is 10.7. The molecule has 0 atom stereocenters. The summed E-state index contributed by atoms with van der Waals surface area (Å²) < 4.78 is 2.61. The summed E-state index contributed by atoms with van der Waals surface area (Å²) in [6, 6.07) is 9.02. The van der Waals surface area contributed by atoms with Gasteiger partial charge in [0.2, 0.25) is 5.91 Å². The molecule has 8 nitrogen and oxygen atoms in total. The van der Waals surface area contributed by atoms with Crippen LogP contribution in [0.3, 0.4) is 0 Å². The molecule has 0 saturated heterocycles. The number of carbonyl (C=O) groups excluding carboxylic acids is 1. The minimum Gasteiger partial charge on any atom is -0.325 e. The van der Waals surface area contributed by atoms with Crippen LogP contribution in [0, 0.1) is 0 Å². The Morgan fingerprint density at radius 2 is 2.05 bits per heavy atom. The van der Waals surface area contributed by atoms with Crippen molar-refractivity contribution in [2.45, 2.75) is 6.54 Å². The Balaban J connectivity index is 1.83. The van der Waals surface area contributed by atoms with E-state index in [1.165, 1.54) is 15.6 Å². The highest BCUT2D eigenvalue weighted by atomic mass is 16.2. The molecule has 0 saturated carbocycles. The van der Waals surface area contributed by atoms with Gasteiger partial charge < -0.3 is 5.32 Å². The molecule has 1 N–H and O–H groups in total. The van der Waals surface area contributed by atoms with E-state index in [0.717, 1.165) is 0 Å². The molecule has 0 bridgehead atoms. The standard InChI is InChI=1S/C13H12N6O2/c1-18-12-11(16-17-18)13(21)19(8-14-12)7-10(20)15-9-5-3-2-4-6-9/h2-6,8H,7H2,1H3,(H,15,20). The molecular formula is C13H12N6O2. The van der Waals surface area contributed by atoms with Crippen molar-refractivity contribution in [1.82, 2.24) is 24.5 Å². The van der Waals surface area contributed by atoms with Crippen LogP contribution in [0.25, 0.3) is 11.2 Å². The first kappa shape index (κ1) is 13.0. The van der Waals surface area contributed by atoms with E-state index in [4.69, 9.17) is 0 Å². The summed E-state index contributed by atoms with van der Waals surface area (Å²) in [6.07, 6.45) is 1.32. The average Bonchev–Trinajstić information content (AvgIpc) is 2.85. The molecule has 0 radical (unpaired) electrons. The number of fused-ring (bicyclic) bond motifs is 1. The molecule has 1 aromatic carbocycles. The van der Waals surface area contributed by atoms with Crippen LogP contribution in [-0.2, 0) is 18.4 Å². The lowest BCUT2D eigenvalue weighted by molar-refractivity contribution is -0.116. The number of aryl methyl sites for hydroxylation is 1. The van der Waals surface area contributed by atoms with Crippen molar-refractivity contribution < 1.29 is 4.79 Å². The van der Waals surface area contributed by atoms with Crippen LogP contribution < -0.4 is 10.9 Å². The second-order valence-corrected chi connectivity index (χ2v) is 4.48. The lowest BCUT2D eigenvalue weighted by atomic mass is 10.3. The molecule has 2 heterocycles. The number of aromatic nitrogens is 5. The Kier molecular flexibility index (Phi) is 3.19. The zero-order chi connectivity index (χ0) is 14.8. The fourth-order valence-corrected chi connectivity index (χ4v) is 1.94. The predicted molar refractivity (Wildman–Crippen MR) is 75.6 cm³/mol. The molecule has 106 valence electrons. The number of amides is 1. The third kappa shape index (κ3) is 2.50. The average molecular weight is 284 g/mol. The maximum absolute atomic E-state index is 12.2. The van der Waals surface area contributed by atoms with Crippen LogP contribution in [0.15, 0.2) is 41.5 Å². The number of anilines is 1. The topological polar surface area (TPSA) is 94.7 Å². The van der Waals surface area contributed by atoms with Gasteiger partial charge in [-0.3, -0.25) is 14.2 Å². The van der Waals surface area contributed by atoms with Gasteiger partial charge in [0.05, 0.1) is 0 Å². The SMILES string of the molecule is Cn1nnc2c(=O)n(CC(=O)Nc3ccccc3)cnc21. The Bertz CT molecular complexity index is 852. The summed E-state index contributed by atoms with van der Waals surface area (Å²) in [5.41, 5.74) is 0.813. The Labute approximate surface area is 119 Å². The van der Waals surface area contributed by atoms with E-state index >= 15 is 0 Å². The second-order valence-electron chi connectivity index (χ2n) is 4.48. The quantitative estimate of drug-likeness (QED) is 0.739. The van der Waals surface area contributed by atoms with Crippen LogP contribution in [-0.4, -0.2) is 30.5 Å². The fourth-order valence-electron chi connectivity index (χ4n) is 1.94. The Morgan fingerprint density at radius 1 is 1.29 bits per heavy atom. The molecule has 0 aliphatic rings. The number of hydrogen-bond acceptors (Lipinski definition) is 5. The van der Waals surface area contributed by atoms with E-state index < -0.39 is 5.56 Å². The molecule has 0 spiro atoms. The van der Waals surface area contributed by atoms with E-state index in [2.05, 4.69) is 20.6 Å². The molecule has 1 amide bonds. The van der Waals surface area contributed by atoms with Crippen molar-refractivity contribution in [3.8, 4) is 0 Å². The maximum atomic E-state index is 12.2. The zero-order valence-corrected chi connectivity index (χ0v) is 11.2. The van der Waals surface area contributed by atoms with Gasteiger partial charge in [-0.05, 0) is 12.1 Å². The number of para-hydroxylation sites is 1. The number of hydrogen-bond donors (Lipinski definition) is 1. The molecule has 0 aliphatic carbocycles. The van der Waals surface area contributed by atoms with Gasteiger partial charge in [-0.25, -0.2) is 9.67 Å². The van der Waals surface area contributed by atoms with Crippen molar-refractivity contribution in [3.63, 3.8) is 0 Å². The highest BCUT2D eigenvalue weighted by molar-refractivity contribution is 5.90. The van der Waals surface area contributed by atoms with E-state index in [1.54, 1.807) is 19.2 Å². The van der Waals surface area contributed by atoms with Crippen LogP contribution in [0.2, 0.25) is 0 Å². The first-order chi connectivity index (χ1) is 10.1. The zero-order valence-electron chi connectivity index (χ0n) is 11.2. The van der Waals surface area contributed by atoms with Crippen LogP contribution in [0.1, 0.15) is 0 Å². The monoisotopic (exact) mass is 284 g/mol. The first-order valence-electron chi connectivity index (χ1n) is 6.25. The largest absolute Gasteiger partial charge is 0.325 e. The van der Waals surface area contributed by atoms with E-state index in [9.17, 15) is 9.59 Å². The van der Waals surface area contributed by atoms with Crippen LogP contribution >= 0.6 is 0 Å². The molecule has 0 fully saturated rings.